The van der Waals surface area contributed by atoms with Crippen molar-refractivity contribution in [2.24, 2.45) is 11.8 Å². The molecule has 3 heterocycles. The summed E-state index contributed by atoms with van der Waals surface area (Å²) in [6.45, 7) is 5.39. The number of piperidine rings is 1. The van der Waals surface area contributed by atoms with Crippen molar-refractivity contribution in [3.05, 3.63) is 0 Å². The highest BCUT2D eigenvalue weighted by molar-refractivity contribution is 4.98. The van der Waals surface area contributed by atoms with Gasteiger partial charge in [-0.25, -0.2) is 0 Å². The van der Waals surface area contributed by atoms with Crippen molar-refractivity contribution in [1.82, 2.24) is 10.2 Å². The minimum absolute atomic E-state index is 0.858. The third-order valence-electron chi connectivity index (χ3n) is 3.77. The number of nitrogens with one attached hydrogen (secondary N) is 1. The fourth-order valence-electron chi connectivity index (χ4n) is 3.21. The lowest BCUT2D eigenvalue weighted by atomic mass is 9.84. The molecule has 1 N–H and O–H groups in total. The molecule has 4 atom stereocenters. The largest absolute Gasteiger partial charge is 0.312 e. The molecule has 3 fully saturated rings. The van der Waals surface area contributed by atoms with Crippen molar-refractivity contribution >= 4 is 0 Å². The predicted molar refractivity (Wildman–Crippen MR) is 44.4 cm³/mol. The van der Waals surface area contributed by atoms with E-state index in [0.717, 1.165) is 17.9 Å². The third-order valence-corrected chi connectivity index (χ3v) is 3.77. The smallest absolute Gasteiger partial charge is 0.0226 e. The fraction of sp³-hybridized carbons (Fsp3) is 1.00. The summed E-state index contributed by atoms with van der Waals surface area (Å²) in [5.41, 5.74) is 0. The molecule has 3 aliphatic heterocycles. The Morgan fingerprint density at radius 3 is 3.18 bits per heavy atom. The highest BCUT2D eigenvalue weighted by Crippen LogP contribution is 2.36. The van der Waals surface area contributed by atoms with Gasteiger partial charge in [-0.15, -0.1) is 0 Å². The van der Waals surface area contributed by atoms with Crippen LogP contribution in [0.2, 0.25) is 0 Å². The van der Waals surface area contributed by atoms with E-state index in [4.69, 9.17) is 0 Å². The molecule has 62 valence electrons. The fourth-order valence-corrected chi connectivity index (χ4v) is 3.21. The second-order valence-electron chi connectivity index (χ2n) is 4.32. The molecule has 2 bridgehead atoms. The molecule has 0 spiro atoms. The Hall–Kier alpha value is -0.0800. The minimum Gasteiger partial charge on any atom is -0.312 e. The van der Waals surface area contributed by atoms with Gasteiger partial charge in [0.25, 0.3) is 0 Å². The van der Waals surface area contributed by atoms with Crippen molar-refractivity contribution < 1.29 is 0 Å². The van der Waals surface area contributed by atoms with E-state index in [1.807, 2.05) is 0 Å². The lowest BCUT2D eigenvalue weighted by molar-refractivity contribution is 0.183. The summed E-state index contributed by atoms with van der Waals surface area (Å²) in [7, 11) is 0. The van der Waals surface area contributed by atoms with Crippen molar-refractivity contribution in [1.29, 1.82) is 0 Å². The Labute approximate surface area is 68.0 Å². The van der Waals surface area contributed by atoms with Gasteiger partial charge >= 0.3 is 0 Å². The molecular formula is C9H16N2. The topological polar surface area (TPSA) is 15.3 Å². The van der Waals surface area contributed by atoms with Crippen LogP contribution in [0.15, 0.2) is 0 Å². The maximum atomic E-state index is 3.62. The van der Waals surface area contributed by atoms with Crippen LogP contribution in [-0.2, 0) is 0 Å². The average molecular weight is 152 g/mol. The monoisotopic (exact) mass is 152 g/mol. The lowest BCUT2D eigenvalue weighted by Crippen LogP contribution is -2.45. The molecule has 0 amide bonds. The summed E-state index contributed by atoms with van der Waals surface area (Å²) < 4.78 is 0. The van der Waals surface area contributed by atoms with Crippen LogP contribution in [0.4, 0.5) is 0 Å². The normalized spacial score (nSPS) is 54.5. The Morgan fingerprint density at radius 1 is 1.18 bits per heavy atom. The van der Waals surface area contributed by atoms with Crippen LogP contribution < -0.4 is 5.32 Å². The molecule has 3 rings (SSSR count). The summed E-state index contributed by atoms with van der Waals surface area (Å²) in [5, 5.41) is 3.62. The maximum absolute atomic E-state index is 3.62. The van der Waals surface area contributed by atoms with Gasteiger partial charge in [-0.1, -0.05) is 0 Å². The first-order chi connectivity index (χ1) is 5.43. The molecule has 0 radical (unpaired) electrons. The first-order valence-corrected chi connectivity index (χ1v) is 4.89. The first-order valence-electron chi connectivity index (χ1n) is 4.89. The molecule has 0 aromatic heterocycles. The van der Waals surface area contributed by atoms with Gasteiger partial charge in [0.1, 0.15) is 0 Å². The van der Waals surface area contributed by atoms with Gasteiger partial charge in [0.15, 0.2) is 0 Å². The van der Waals surface area contributed by atoms with Gasteiger partial charge in [-0.05, 0) is 37.8 Å². The van der Waals surface area contributed by atoms with E-state index in [9.17, 15) is 0 Å². The zero-order valence-corrected chi connectivity index (χ0v) is 6.92. The zero-order chi connectivity index (χ0) is 7.26. The van der Waals surface area contributed by atoms with E-state index in [-0.39, 0.29) is 0 Å². The summed E-state index contributed by atoms with van der Waals surface area (Å²) >= 11 is 0. The molecule has 0 aromatic carbocycles. The number of fused-ring (bicyclic) bond motifs is 4. The van der Waals surface area contributed by atoms with Crippen LogP contribution in [0.3, 0.4) is 0 Å². The second kappa shape index (κ2) is 2.20. The van der Waals surface area contributed by atoms with Crippen LogP contribution in [0.25, 0.3) is 0 Å². The number of rotatable bonds is 0. The predicted octanol–water partition coefficient (Wildman–Crippen LogP) is 0.300. The highest BCUT2D eigenvalue weighted by Gasteiger charge is 2.42. The van der Waals surface area contributed by atoms with Crippen molar-refractivity contribution in [2.75, 3.05) is 26.2 Å². The van der Waals surface area contributed by atoms with Crippen LogP contribution >= 0.6 is 0 Å². The molecule has 11 heavy (non-hydrogen) atoms. The highest BCUT2D eigenvalue weighted by atomic mass is 15.2. The summed E-state index contributed by atoms with van der Waals surface area (Å²) in [6, 6.07) is 0.858. The van der Waals surface area contributed by atoms with E-state index in [2.05, 4.69) is 10.2 Å². The van der Waals surface area contributed by atoms with Gasteiger partial charge in [-0.3, -0.25) is 0 Å². The molecule has 3 saturated heterocycles. The lowest BCUT2D eigenvalue weighted by Gasteiger charge is -2.33. The van der Waals surface area contributed by atoms with Gasteiger partial charge < -0.3 is 10.2 Å². The SMILES string of the molecule is C1CC2C3CCN(C3)CC2N1. The Morgan fingerprint density at radius 2 is 2.18 bits per heavy atom. The summed E-state index contributed by atoms with van der Waals surface area (Å²) in [4.78, 5) is 2.63. The number of hydrogen-bond acceptors (Lipinski definition) is 2. The van der Waals surface area contributed by atoms with E-state index in [1.165, 1.54) is 39.0 Å². The zero-order valence-electron chi connectivity index (χ0n) is 6.92. The van der Waals surface area contributed by atoms with Gasteiger partial charge in [0, 0.05) is 19.1 Å². The van der Waals surface area contributed by atoms with Crippen molar-refractivity contribution in [3.63, 3.8) is 0 Å². The summed E-state index contributed by atoms with van der Waals surface area (Å²) in [6.07, 6.45) is 2.92. The van der Waals surface area contributed by atoms with Crippen molar-refractivity contribution in [3.8, 4) is 0 Å². The van der Waals surface area contributed by atoms with Crippen LogP contribution in [-0.4, -0.2) is 37.1 Å². The molecule has 0 saturated carbocycles. The maximum Gasteiger partial charge on any atom is 0.0226 e. The molecule has 4 unspecified atom stereocenters. The Bertz CT molecular complexity index is 167. The first kappa shape index (κ1) is 6.44. The summed E-state index contributed by atoms with van der Waals surface area (Å²) in [5.74, 6) is 2.08. The third kappa shape index (κ3) is 0.859. The molecule has 2 nitrogen and oxygen atoms in total. The molecule has 2 heteroatoms. The Balaban J connectivity index is 1.85. The van der Waals surface area contributed by atoms with Crippen LogP contribution in [0.1, 0.15) is 12.8 Å². The number of hydrogen-bond donors (Lipinski definition) is 1. The van der Waals surface area contributed by atoms with Gasteiger partial charge in [-0.2, -0.15) is 0 Å². The van der Waals surface area contributed by atoms with E-state index >= 15 is 0 Å². The minimum atomic E-state index is 0.858. The quantitative estimate of drug-likeness (QED) is 0.537. The molecule has 0 aliphatic carbocycles. The molecule has 0 aromatic rings. The van der Waals surface area contributed by atoms with E-state index in [0.29, 0.717) is 0 Å². The standard InChI is InChI=1S/C9H16N2/c1-3-10-9-6-11-4-2-7(5-11)8(1)9/h7-10H,1-6H2. The molecule has 3 aliphatic rings. The van der Waals surface area contributed by atoms with Crippen molar-refractivity contribution in [2.45, 2.75) is 18.9 Å². The van der Waals surface area contributed by atoms with Gasteiger partial charge in [0.2, 0.25) is 0 Å². The number of nitrogens with zero attached hydrogens (tertiary/aromatic N) is 1. The molecular weight excluding hydrogens is 136 g/mol. The van der Waals surface area contributed by atoms with E-state index in [1.54, 1.807) is 0 Å². The van der Waals surface area contributed by atoms with Crippen LogP contribution in [0, 0.1) is 11.8 Å². The van der Waals surface area contributed by atoms with Gasteiger partial charge in [0.05, 0.1) is 0 Å². The second-order valence-corrected chi connectivity index (χ2v) is 4.32. The van der Waals surface area contributed by atoms with Crippen LogP contribution in [0.5, 0.6) is 0 Å². The Kier molecular flexibility index (Phi) is 1.29. The van der Waals surface area contributed by atoms with E-state index < -0.39 is 0 Å². The average Bonchev–Trinajstić information content (AvgIpc) is 2.58.